The summed E-state index contributed by atoms with van der Waals surface area (Å²) in [5.41, 5.74) is 0.406. The number of carbonyl (C=O) groups excluding carboxylic acids is 1. The maximum Gasteiger partial charge on any atom is 0.272 e. The topological polar surface area (TPSA) is 66.9 Å². The molecule has 0 atom stereocenters. The number of carbonyl (C=O) groups is 1. The van der Waals surface area contributed by atoms with Crippen molar-refractivity contribution in [2.45, 2.75) is 70.8 Å². The van der Waals surface area contributed by atoms with Crippen LogP contribution in [0.4, 0.5) is 5.82 Å². The lowest BCUT2D eigenvalue weighted by atomic mass is 10.1. The van der Waals surface area contributed by atoms with Crippen LogP contribution in [0, 0.1) is 0 Å². The van der Waals surface area contributed by atoms with Crippen molar-refractivity contribution in [3.05, 3.63) is 17.8 Å². The van der Waals surface area contributed by atoms with Crippen molar-refractivity contribution >= 4 is 11.7 Å². The first kappa shape index (κ1) is 16.7. The monoisotopic (exact) mass is 304 g/mol. The molecule has 0 radical (unpaired) electrons. The van der Waals surface area contributed by atoms with Gasteiger partial charge in [0.05, 0.1) is 0 Å². The van der Waals surface area contributed by atoms with E-state index in [1.807, 2.05) is 6.07 Å². The van der Waals surface area contributed by atoms with Crippen LogP contribution in [-0.2, 0) is 0 Å². The average Bonchev–Trinajstić information content (AvgIpc) is 2.81. The minimum atomic E-state index is -0.100. The maximum atomic E-state index is 12.2. The third-order valence-electron chi connectivity index (χ3n) is 4.17. The first-order valence-corrected chi connectivity index (χ1v) is 8.68. The zero-order valence-electron chi connectivity index (χ0n) is 13.6. The van der Waals surface area contributed by atoms with Crippen molar-refractivity contribution in [3.63, 3.8) is 0 Å². The van der Waals surface area contributed by atoms with Crippen LogP contribution in [0.2, 0.25) is 0 Å². The van der Waals surface area contributed by atoms with Gasteiger partial charge >= 0.3 is 0 Å². The first-order valence-electron chi connectivity index (χ1n) is 8.68. The van der Waals surface area contributed by atoms with Gasteiger partial charge in [-0.25, -0.2) is 0 Å². The summed E-state index contributed by atoms with van der Waals surface area (Å²) in [6.07, 6.45) is 10.7. The molecule has 1 aromatic rings. The van der Waals surface area contributed by atoms with Crippen molar-refractivity contribution in [1.29, 1.82) is 0 Å². The molecule has 22 heavy (non-hydrogen) atoms. The van der Waals surface area contributed by atoms with Gasteiger partial charge < -0.3 is 10.6 Å². The van der Waals surface area contributed by atoms with Gasteiger partial charge in [-0.05, 0) is 31.4 Å². The van der Waals surface area contributed by atoms with Crippen LogP contribution in [0.1, 0.15) is 75.2 Å². The van der Waals surface area contributed by atoms with E-state index in [1.54, 1.807) is 6.07 Å². The van der Waals surface area contributed by atoms with Crippen LogP contribution in [0.15, 0.2) is 12.1 Å². The highest BCUT2D eigenvalue weighted by Crippen LogP contribution is 2.17. The van der Waals surface area contributed by atoms with Gasteiger partial charge in [-0.1, -0.05) is 45.4 Å². The van der Waals surface area contributed by atoms with E-state index < -0.39 is 0 Å². The van der Waals surface area contributed by atoms with Crippen molar-refractivity contribution in [1.82, 2.24) is 15.5 Å². The predicted octanol–water partition coefficient (Wildman–Crippen LogP) is 3.53. The Kier molecular flexibility index (Phi) is 7.13. The normalized spacial score (nSPS) is 16.0. The minimum absolute atomic E-state index is 0.100. The summed E-state index contributed by atoms with van der Waals surface area (Å²) in [6.45, 7) is 3.08. The molecule has 0 saturated heterocycles. The molecule has 1 saturated carbocycles. The van der Waals surface area contributed by atoms with Gasteiger partial charge in [-0.15, -0.1) is 10.2 Å². The molecule has 0 bridgehead atoms. The fourth-order valence-corrected chi connectivity index (χ4v) is 2.82. The molecule has 0 aliphatic heterocycles. The number of hydrogen-bond donors (Lipinski definition) is 2. The van der Waals surface area contributed by atoms with E-state index in [2.05, 4.69) is 27.8 Å². The summed E-state index contributed by atoms with van der Waals surface area (Å²) in [4.78, 5) is 12.2. The number of hydrogen-bond acceptors (Lipinski definition) is 4. The van der Waals surface area contributed by atoms with Gasteiger partial charge in [0.15, 0.2) is 5.69 Å². The first-order chi connectivity index (χ1) is 10.8. The molecule has 1 aliphatic rings. The second-order valence-electron chi connectivity index (χ2n) is 6.10. The number of nitrogens with one attached hydrogen (secondary N) is 2. The molecule has 1 fully saturated rings. The highest BCUT2D eigenvalue weighted by Gasteiger charge is 2.16. The highest BCUT2D eigenvalue weighted by molar-refractivity contribution is 5.92. The zero-order chi connectivity index (χ0) is 15.6. The number of rotatable bonds is 7. The van der Waals surface area contributed by atoms with Gasteiger partial charge in [0.2, 0.25) is 0 Å². The lowest BCUT2D eigenvalue weighted by Crippen LogP contribution is -2.35. The number of unbranched alkanes of at least 4 members (excludes halogenated alkanes) is 2. The van der Waals surface area contributed by atoms with Gasteiger partial charge in [-0.2, -0.15) is 0 Å². The van der Waals surface area contributed by atoms with Crippen molar-refractivity contribution in [2.75, 3.05) is 11.9 Å². The van der Waals surface area contributed by atoms with E-state index >= 15 is 0 Å². The molecule has 1 heterocycles. The molecular formula is C17H28N4O. The van der Waals surface area contributed by atoms with E-state index in [0.717, 1.165) is 31.6 Å². The van der Waals surface area contributed by atoms with Crippen molar-refractivity contribution in [2.24, 2.45) is 0 Å². The molecule has 1 aromatic heterocycles. The SMILES string of the molecule is CCCCCNc1ccc(C(=O)NC2CCCCCC2)nn1. The molecule has 5 nitrogen and oxygen atoms in total. The summed E-state index contributed by atoms with van der Waals surface area (Å²) >= 11 is 0. The van der Waals surface area contributed by atoms with E-state index in [4.69, 9.17) is 0 Å². The number of aromatic nitrogens is 2. The Morgan fingerprint density at radius 3 is 2.55 bits per heavy atom. The van der Waals surface area contributed by atoms with Gasteiger partial charge in [-0.3, -0.25) is 4.79 Å². The third kappa shape index (κ3) is 5.62. The Morgan fingerprint density at radius 2 is 1.91 bits per heavy atom. The third-order valence-corrected chi connectivity index (χ3v) is 4.17. The summed E-state index contributed by atoms with van der Waals surface area (Å²) in [7, 11) is 0. The maximum absolute atomic E-state index is 12.2. The van der Waals surface area contributed by atoms with Crippen LogP contribution in [0.5, 0.6) is 0 Å². The highest BCUT2D eigenvalue weighted by atomic mass is 16.2. The van der Waals surface area contributed by atoms with Gasteiger partial charge in [0, 0.05) is 12.6 Å². The molecule has 2 N–H and O–H groups in total. The Labute approximate surface area is 133 Å². The number of nitrogens with zero attached hydrogens (tertiary/aromatic N) is 2. The molecule has 2 rings (SSSR count). The second-order valence-corrected chi connectivity index (χ2v) is 6.10. The van der Waals surface area contributed by atoms with Crippen LogP contribution < -0.4 is 10.6 Å². The van der Waals surface area contributed by atoms with Crippen LogP contribution >= 0.6 is 0 Å². The summed E-state index contributed by atoms with van der Waals surface area (Å²) in [5.74, 6) is 0.638. The van der Waals surface area contributed by atoms with E-state index in [-0.39, 0.29) is 5.91 Å². The Bertz CT molecular complexity index is 438. The molecule has 5 heteroatoms. The van der Waals surface area contributed by atoms with Crippen molar-refractivity contribution in [3.8, 4) is 0 Å². The summed E-state index contributed by atoms with van der Waals surface area (Å²) < 4.78 is 0. The second kappa shape index (κ2) is 9.38. The number of anilines is 1. The largest absolute Gasteiger partial charge is 0.369 e. The molecule has 0 aromatic carbocycles. The predicted molar refractivity (Wildman–Crippen MR) is 89.0 cm³/mol. The van der Waals surface area contributed by atoms with Gasteiger partial charge in [0.25, 0.3) is 5.91 Å². The van der Waals surface area contributed by atoms with E-state index in [0.29, 0.717) is 11.7 Å². The lowest BCUT2D eigenvalue weighted by molar-refractivity contribution is 0.0927. The van der Waals surface area contributed by atoms with Crippen molar-refractivity contribution < 1.29 is 4.79 Å². The average molecular weight is 304 g/mol. The Hall–Kier alpha value is -1.65. The van der Waals surface area contributed by atoms with Crippen LogP contribution in [0.25, 0.3) is 0 Å². The quantitative estimate of drug-likeness (QED) is 0.597. The lowest BCUT2D eigenvalue weighted by Gasteiger charge is -2.15. The zero-order valence-corrected chi connectivity index (χ0v) is 13.6. The summed E-state index contributed by atoms with van der Waals surface area (Å²) in [6, 6.07) is 3.88. The standard InChI is InChI=1S/C17H28N4O/c1-2-3-8-13-18-16-12-11-15(20-21-16)17(22)19-14-9-6-4-5-7-10-14/h11-12,14H,2-10,13H2,1H3,(H,18,21)(H,19,22). The molecule has 1 aliphatic carbocycles. The Balaban J connectivity index is 1.79. The Morgan fingerprint density at radius 1 is 1.14 bits per heavy atom. The van der Waals surface area contributed by atoms with E-state index in [9.17, 15) is 4.79 Å². The minimum Gasteiger partial charge on any atom is -0.369 e. The van der Waals surface area contributed by atoms with Gasteiger partial charge in [0.1, 0.15) is 5.82 Å². The number of amides is 1. The fraction of sp³-hybridized carbons (Fsp3) is 0.706. The molecule has 122 valence electrons. The van der Waals surface area contributed by atoms with Crippen LogP contribution in [-0.4, -0.2) is 28.7 Å². The molecule has 0 unspecified atom stereocenters. The fourth-order valence-electron chi connectivity index (χ4n) is 2.82. The van der Waals surface area contributed by atoms with Crippen LogP contribution in [0.3, 0.4) is 0 Å². The molecule has 1 amide bonds. The van der Waals surface area contributed by atoms with E-state index in [1.165, 1.54) is 38.5 Å². The smallest absolute Gasteiger partial charge is 0.272 e. The molecule has 0 spiro atoms. The molecular weight excluding hydrogens is 276 g/mol. The summed E-state index contributed by atoms with van der Waals surface area (Å²) in [5, 5.41) is 14.5.